The molecule has 160 valence electrons. The lowest BCUT2D eigenvalue weighted by atomic mass is 9.55. The van der Waals surface area contributed by atoms with Crippen LogP contribution in [0.3, 0.4) is 0 Å². The van der Waals surface area contributed by atoms with Gasteiger partial charge in [0.2, 0.25) is 0 Å². The first-order valence-electron chi connectivity index (χ1n) is 11.5. The number of rotatable bonds is 3. The minimum Gasteiger partial charge on any atom is -0.489 e. The van der Waals surface area contributed by atoms with Crippen molar-refractivity contribution in [2.45, 2.75) is 77.1 Å². The van der Waals surface area contributed by atoms with E-state index in [4.69, 9.17) is 4.74 Å². The number of benzene rings is 2. The first kappa shape index (κ1) is 20.1. The summed E-state index contributed by atoms with van der Waals surface area (Å²) in [7, 11) is 0. The molecule has 5 rings (SSSR count). The fraction of sp³-hybridized carbons (Fsp3) is 0.556. The van der Waals surface area contributed by atoms with Crippen molar-refractivity contribution in [2.24, 2.45) is 17.3 Å². The van der Waals surface area contributed by atoms with E-state index in [1.807, 2.05) is 6.92 Å². The van der Waals surface area contributed by atoms with Gasteiger partial charge in [0.1, 0.15) is 12.4 Å². The van der Waals surface area contributed by atoms with Gasteiger partial charge in [-0.1, -0.05) is 42.8 Å². The van der Waals surface area contributed by atoms with Gasteiger partial charge in [-0.25, -0.2) is 0 Å². The van der Waals surface area contributed by atoms with E-state index >= 15 is 0 Å². The standard InChI is InChI=1S/C27H34O3/c1-17-4-6-18(7-5-17)16-30-20-9-11-21-19(14-20)8-10-23-22(21)12-13-26(2)24(23)15-27(3,29)25(26)28/h4-7,9,11,14,22-25,28-29H,8,10,12-13,15-16H2,1-3H3/t22-,23-,24+,25?,26+,27?/m1/s1. The molecule has 0 aromatic heterocycles. The van der Waals surface area contributed by atoms with Crippen LogP contribution in [0.4, 0.5) is 0 Å². The Morgan fingerprint density at radius 2 is 1.83 bits per heavy atom. The molecule has 3 nitrogen and oxygen atoms in total. The van der Waals surface area contributed by atoms with Crippen molar-refractivity contribution in [3.63, 3.8) is 0 Å². The quantitative estimate of drug-likeness (QED) is 0.741. The number of aryl methyl sites for hydroxylation is 2. The van der Waals surface area contributed by atoms with Gasteiger partial charge in [0.05, 0.1) is 11.7 Å². The third kappa shape index (κ3) is 3.18. The molecule has 2 aromatic rings. The average Bonchev–Trinajstić information content (AvgIpc) is 2.92. The lowest BCUT2D eigenvalue weighted by Crippen LogP contribution is -2.46. The van der Waals surface area contributed by atoms with Crippen LogP contribution >= 0.6 is 0 Å². The molecule has 2 saturated carbocycles. The highest BCUT2D eigenvalue weighted by Crippen LogP contribution is 2.63. The number of aliphatic hydroxyl groups excluding tert-OH is 1. The molecule has 0 heterocycles. The summed E-state index contributed by atoms with van der Waals surface area (Å²) in [5.74, 6) is 2.44. The van der Waals surface area contributed by atoms with E-state index in [0.29, 0.717) is 24.4 Å². The Balaban J connectivity index is 1.34. The second-order valence-corrected chi connectivity index (χ2v) is 10.6. The summed E-state index contributed by atoms with van der Waals surface area (Å²) in [5.41, 5.74) is 4.24. The van der Waals surface area contributed by atoms with Crippen LogP contribution in [0, 0.1) is 24.2 Å². The fourth-order valence-corrected chi connectivity index (χ4v) is 6.84. The van der Waals surface area contributed by atoms with Crippen molar-refractivity contribution in [1.82, 2.24) is 0 Å². The van der Waals surface area contributed by atoms with Crippen LogP contribution in [0.1, 0.15) is 67.7 Å². The number of ether oxygens (including phenoxy) is 1. The molecule has 0 radical (unpaired) electrons. The lowest BCUT2D eigenvalue weighted by molar-refractivity contribution is -0.0903. The van der Waals surface area contributed by atoms with Crippen LogP contribution in [0.5, 0.6) is 5.75 Å². The van der Waals surface area contributed by atoms with Gasteiger partial charge < -0.3 is 14.9 Å². The zero-order valence-corrected chi connectivity index (χ0v) is 18.4. The smallest absolute Gasteiger partial charge is 0.120 e. The summed E-state index contributed by atoms with van der Waals surface area (Å²) in [4.78, 5) is 0. The van der Waals surface area contributed by atoms with Crippen molar-refractivity contribution < 1.29 is 14.9 Å². The van der Waals surface area contributed by atoms with Crippen LogP contribution in [0.25, 0.3) is 0 Å². The maximum atomic E-state index is 10.8. The molecule has 0 spiro atoms. The van der Waals surface area contributed by atoms with Gasteiger partial charge in [-0.05, 0) is 97.9 Å². The van der Waals surface area contributed by atoms with Gasteiger partial charge in [-0.3, -0.25) is 0 Å². The zero-order chi connectivity index (χ0) is 21.1. The van der Waals surface area contributed by atoms with Crippen LogP contribution < -0.4 is 4.74 Å². The van der Waals surface area contributed by atoms with E-state index in [2.05, 4.69) is 56.3 Å². The maximum Gasteiger partial charge on any atom is 0.120 e. The molecule has 30 heavy (non-hydrogen) atoms. The molecule has 2 unspecified atom stereocenters. The Morgan fingerprint density at radius 3 is 2.60 bits per heavy atom. The Hall–Kier alpha value is -1.84. The predicted molar refractivity (Wildman–Crippen MR) is 119 cm³/mol. The molecule has 3 aliphatic rings. The summed E-state index contributed by atoms with van der Waals surface area (Å²) in [6.07, 6.45) is 4.39. The number of hydrogen-bond acceptors (Lipinski definition) is 3. The summed E-state index contributed by atoms with van der Waals surface area (Å²) in [6, 6.07) is 15.2. The molecular weight excluding hydrogens is 372 g/mol. The van der Waals surface area contributed by atoms with E-state index in [-0.39, 0.29) is 5.41 Å². The first-order valence-corrected chi connectivity index (χ1v) is 11.5. The van der Waals surface area contributed by atoms with Gasteiger partial charge in [0.15, 0.2) is 0 Å². The third-order valence-corrected chi connectivity index (χ3v) is 8.51. The SMILES string of the molecule is Cc1ccc(COc2ccc3c(c2)CC[C@@H]2[C@@H]3CC[C@]3(C)C(O)C(C)(O)C[C@@H]23)cc1. The second-order valence-electron chi connectivity index (χ2n) is 10.6. The highest BCUT2D eigenvalue weighted by molar-refractivity contribution is 5.41. The normalized spacial score (nSPS) is 37.2. The Kier molecular flexibility index (Phi) is 4.75. The van der Waals surface area contributed by atoms with Crippen molar-refractivity contribution in [2.75, 3.05) is 0 Å². The van der Waals surface area contributed by atoms with E-state index in [0.717, 1.165) is 37.9 Å². The molecule has 0 aliphatic heterocycles. The van der Waals surface area contributed by atoms with E-state index in [9.17, 15) is 10.2 Å². The highest BCUT2D eigenvalue weighted by Gasteiger charge is 2.61. The second kappa shape index (κ2) is 7.10. The van der Waals surface area contributed by atoms with E-state index in [1.165, 1.54) is 22.3 Å². The molecule has 0 amide bonds. The molecule has 3 heteroatoms. The third-order valence-electron chi connectivity index (χ3n) is 8.51. The number of hydrogen-bond donors (Lipinski definition) is 2. The monoisotopic (exact) mass is 406 g/mol. The molecule has 6 atom stereocenters. The van der Waals surface area contributed by atoms with Crippen molar-refractivity contribution in [3.8, 4) is 5.75 Å². The van der Waals surface area contributed by atoms with E-state index < -0.39 is 11.7 Å². The highest BCUT2D eigenvalue weighted by atomic mass is 16.5. The minimum atomic E-state index is -0.956. The van der Waals surface area contributed by atoms with Crippen LogP contribution in [0.2, 0.25) is 0 Å². The summed E-state index contributed by atoms with van der Waals surface area (Å²) in [6.45, 7) is 6.73. The van der Waals surface area contributed by atoms with Gasteiger partial charge in [0, 0.05) is 0 Å². The van der Waals surface area contributed by atoms with Gasteiger partial charge in [-0.15, -0.1) is 0 Å². The largest absolute Gasteiger partial charge is 0.489 e. The van der Waals surface area contributed by atoms with Crippen molar-refractivity contribution in [3.05, 3.63) is 64.7 Å². The molecule has 0 bridgehead atoms. The van der Waals surface area contributed by atoms with Crippen LogP contribution in [-0.4, -0.2) is 21.9 Å². The van der Waals surface area contributed by atoms with Crippen LogP contribution in [0.15, 0.2) is 42.5 Å². The molecule has 2 N–H and O–H groups in total. The molecule has 2 fully saturated rings. The van der Waals surface area contributed by atoms with Gasteiger partial charge in [-0.2, -0.15) is 0 Å². The molecule has 2 aromatic carbocycles. The first-order chi connectivity index (χ1) is 14.3. The van der Waals surface area contributed by atoms with Crippen LogP contribution in [-0.2, 0) is 13.0 Å². The number of aliphatic hydroxyl groups is 2. The Labute approximate surface area is 180 Å². The maximum absolute atomic E-state index is 10.8. The molecule has 3 aliphatic carbocycles. The lowest BCUT2D eigenvalue weighted by Gasteiger charge is -2.50. The average molecular weight is 407 g/mol. The molecule has 0 saturated heterocycles. The predicted octanol–water partition coefficient (Wildman–Crippen LogP) is 5.15. The molecular formula is C27H34O3. The van der Waals surface area contributed by atoms with Crippen molar-refractivity contribution >= 4 is 0 Å². The van der Waals surface area contributed by atoms with E-state index in [1.54, 1.807) is 0 Å². The van der Waals surface area contributed by atoms with Crippen molar-refractivity contribution in [1.29, 1.82) is 0 Å². The summed E-state index contributed by atoms with van der Waals surface area (Å²) >= 11 is 0. The summed E-state index contributed by atoms with van der Waals surface area (Å²) in [5, 5.41) is 21.6. The zero-order valence-electron chi connectivity index (χ0n) is 18.4. The number of fused-ring (bicyclic) bond motifs is 5. The Morgan fingerprint density at radius 1 is 1.07 bits per heavy atom. The Bertz CT molecular complexity index is 932. The fourth-order valence-electron chi connectivity index (χ4n) is 6.84. The summed E-state index contributed by atoms with van der Waals surface area (Å²) < 4.78 is 6.09. The van der Waals surface area contributed by atoms with Gasteiger partial charge >= 0.3 is 0 Å². The topological polar surface area (TPSA) is 49.7 Å². The minimum absolute atomic E-state index is 0.154. The van der Waals surface area contributed by atoms with Gasteiger partial charge in [0.25, 0.3) is 0 Å².